The molecule has 1 aliphatic carbocycles. The lowest BCUT2D eigenvalue weighted by molar-refractivity contribution is -0.120. The van der Waals surface area contributed by atoms with Crippen molar-refractivity contribution >= 4 is 11.9 Å². The topological polar surface area (TPSA) is 79.5 Å². The van der Waals surface area contributed by atoms with Crippen LogP contribution in [0.5, 0.6) is 5.75 Å². The van der Waals surface area contributed by atoms with Crippen LogP contribution in [0.3, 0.4) is 0 Å². The summed E-state index contributed by atoms with van der Waals surface area (Å²) in [6.07, 6.45) is 1.57. The van der Waals surface area contributed by atoms with Crippen molar-refractivity contribution in [2.24, 2.45) is 0 Å². The summed E-state index contributed by atoms with van der Waals surface area (Å²) in [5.41, 5.74) is 2.48. The molecule has 3 N–H and O–H groups in total. The molecule has 4 rings (SSSR count). The predicted molar refractivity (Wildman–Crippen MR) is 111 cm³/mol. The van der Waals surface area contributed by atoms with Crippen LogP contribution in [-0.4, -0.2) is 31.6 Å². The number of amides is 3. The highest BCUT2D eigenvalue weighted by Gasteiger charge is 2.47. The molecular formula is C23H25F2N3O3. The van der Waals surface area contributed by atoms with E-state index in [9.17, 15) is 18.4 Å². The minimum atomic E-state index is -1.09. The number of methoxy groups -OCH3 is 1. The number of urea groups is 1. The summed E-state index contributed by atoms with van der Waals surface area (Å²) in [5.74, 6) is -2.95. The average molecular weight is 429 g/mol. The maximum Gasteiger partial charge on any atom is 0.316 e. The Bertz CT molecular complexity index is 1010. The molecule has 0 aromatic heterocycles. The van der Waals surface area contributed by atoms with Crippen LogP contribution in [0.15, 0.2) is 30.3 Å². The van der Waals surface area contributed by atoms with Gasteiger partial charge in [-0.3, -0.25) is 4.79 Å². The lowest BCUT2D eigenvalue weighted by atomic mass is 9.92. The third kappa shape index (κ3) is 4.06. The van der Waals surface area contributed by atoms with E-state index in [1.165, 1.54) is 7.11 Å². The van der Waals surface area contributed by atoms with Crippen molar-refractivity contribution in [2.45, 2.75) is 44.2 Å². The van der Waals surface area contributed by atoms with Crippen LogP contribution in [0.2, 0.25) is 0 Å². The molecule has 6 nitrogen and oxygen atoms in total. The van der Waals surface area contributed by atoms with Gasteiger partial charge in [0.05, 0.1) is 12.6 Å². The third-order valence-electron chi connectivity index (χ3n) is 6.00. The molecule has 1 aliphatic heterocycles. The number of ether oxygens (including phenoxy) is 1. The molecule has 0 spiro atoms. The van der Waals surface area contributed by atoms with Gasteiger partial charge >= 0.3 is 6.03 Å². The zero-order valence-electron chi connectivity index (χ0n) is 17.6. The van der Waals surface area contributed by atoms with Crippen molar-refractivity contribution in [3.8, 4) is 5.75 Å². The lowest BCUT2D eigenvalue weighted by Crippen LogP contribution is -2.50. The molecule has 2 atom stereocenters. The second-order valence-electron chi connectivity index (χ2n) is 8.39. The SMILES string of the molecule is COc1cc(F)c([C@@H]2CNC(=O)[C@H]2NC(=O)NC2(c3cc(C)cc(C)c3)CC2)c(F)c1. The first kappa shape index (κ1) is 21.1. The summed E-state index contributed by atoms with van der Waals surface area (Å²) < 4.78 is 34.0. The molecule has 2 fully saturated rings. The summed E-state index contributed by atoms with van der Waals surface area (Å²) >= 11 is 0. The maximum atomic E-state index is 14.6. The van der Waals surface area contributed by atoms with E-state index in [0.717, 1.165) is 41.7 Å². The Morgan fingerprint density at radius 3 is 2.26 bits per heavy atom. The highest BCUT2D eigenvalue weighted by atomic mass is 19.1. The van der Waals surface area contributed by atoms with Crippen LogP contribution < -0.4 is 20.7 Å². The normalized spacial score (nSPS) is 21.4. The molecule has 3 amide bonds. The number of carbonyl (C=O) groups is 2. The summed E-state index contributed by atoms with van der Waals surface area (Å²) in [6.45, 7) is 4.02. The molecule has 1 saturated heterocycles. The van der Waals surface area contributed by atoms with Gasteiger partial charge < -0.3 is 20.7 Å². The van der Waals surface area contributed by atoms with E-state index in [4.69, 9.17) is 4.74 Å². The van der Waals surface area contributed by atoms with Crippen LogP contribution >= 0.6 is 0 Å². The number of hydrogen-bond donors (Lipinski definition) is 3. The molecular weight excluding hydrogens is 404 g/mol. The van der Waals surface area contributed by atoms with Crippen LogP contribution in [0.1, 0.15) is 41.0 Å². The number of nitrogens with one attached hydrogen (secondary N) is 3. The largest absolute Gasteiger partial charge is 0.497 e. The first-order valence-electron chi connectivity index (χ1n) is 10.2. The van der Waals surface area contributed by atoms with E-state index in [2.05, 4.69) is 22.0 Å². The second kappa shape index (κ2) is 7.83. The van der Waals surface area contributed by atoms with Gasteiger partial charge in [-0.05, 0) is 32.3 Å². The number of rotatable bonds is 5. The van der Waals surface area contributed by atoms with Crippen LogP contribution in [-0.2, 0) is 10.3 Å². The molecule has 2 aromatic rings. The summed E-state index contributed by atoms with van der Waals surface area (Å²) in [5, 5.41) is 8.18. The van der Waals surface area contributed by atoms with Gasteiger partial charge in [-0.2, -0.15) is 0 Å². The van der Waals surface area contributed by atoms with Crippen molar-refractivity contribution in [1.29, 1.82) is 0 Å². The van der Waals surface area contributed by atoms with Crippen molar-refractivity contribution < 1.29 is 23.1 Å². The fourth-order valence-electron chi connectivity index (χ4n) is 4.35. The van der Waals surface area contributed by atoms with Gasteiger partial charge in [0.15, 0.2) is 0 Å². The van der Waals surface area contributed by atoms with Crippen LogP contribution in [0.25, 0.3) is 0 Å². The molecule has 0 unspecified atom stereocenters. The molecule has 31 heavy (non-hydrogen) atoms. The fourth-order valence-corrected chi connectivity index (χ4v) is 4.35. The molecule has 0 bridgehead atoms. The summed E-state index contributed by atoms with van der Waals surface area (Å²) in [7, 11) is 1.31. The fraction of sp³-hybridized carbons (Fsp3) is 0.391. The number of benzene rings is 2. The van der Waals surface area contributed by atoms with Gasteiger partial charge in [0, 0.05) is 30.2 Å². The smallest absolute Gasteiger partial charge is 0.316 e. The number of carbonyl (C=O) groups excluding carboxylic acids is 2. The Labute approximate surface area is 179 Å². The molecule has 1 heterocycles. The molecule has 8 heteroatoms. The highest BCUT2D eigenvalue weighted by Crippen LogP contribution is 2.46. The Morgan fingerprint density at radius 2 is 1.71 bits per heavy atom. The van der Waals surface area contributed by atoms with Crippen molar-refractivity contribution in [3.05, 3.63) is 64.2 Å². The van der Waals surface area contributed by atoms with E-state index in [0.29, 0.717) is 0 Å². The maximum absolute atomic E-state index is 14.6. The number of hydrogen-bond acceptors (Lipinski definition) is 3. The quantitative estimate of drug-likeness (QED) is 0.683. The monoisotopic (exact) mass is 429 g/mol. The first-order chi connectivity index (χ1) is 14.7. The Morgan fingerprint density at radius 1 is 1.10 bits per heavy atom. The van der Waals surface area contributed by atoms with Crippen LogP contribution in [0, 0.1) is 25.5 Å². The van der Waals surface area contributed by atoms with Gasteiger partial charge in [-0.25, -0.2) is 13.6 Å². The minimum Gasteiger partial charge on any atom is -0.497 e. The summed E-state index contributed by atoms with van der Waals surface area (Å²) in [4.78, 5) is 25.1. The Kier molecular flexibility index (Phi) is 5.33. The molecule has 2 aliphatic rings. The molecule has 164 valence electrons. The van der Waals surface area contributed by atoms with Crippen molar-refractivity contribution in [1.82, 2.24) is 16.0 Å². The average Bonchev–Trinajstić information content (AvgIpc) is 3.39. The number of halogens is 2. The van der Waals surface area contributed by atoms with E-state index < -0.39 is 41.1 Å². The first-order valence-corrected chi connectivity index (χ1v) is 10.2. The predicted octanol–water partition coefficient (Wildman–Crippen LogP) is 3.16. The van der Waals surface area contributed by atoms with E-state index in [-0.39, 0.29) is 17.9 Å². The van der Waals surface area contributed by atoms with E-state index in [1.807, 2.05) is 26.0 Å². The van der Waals surface area contributed by atoms with E-state index in [1.54, 1.807) is 0 Å². The van der Waals surface area contributed by atoms with Crippen molar-refractivity contribution in [2.75, 3.05) is 13.7 Å². The lowest BCUT2D eigenvalue weighted by Gasteiger charge is -2.23. The highest BCUT2D eigenvalue weighted by molar-refractivity contribution is 5.90. The van der Waals surface area contributed by atoms with Gasteiger partial charge in [0.2, 0.25) is 5.91 Å². The van der Waals surface area contributed by atoms with Gasteiger partial charge in [-0.15, -0.1) is 0 Å². The zero-order valence-corrected chi connectivity index (χ0v) is 17.6. The van der Waals surface area contributed by atoms with Gasteiger partial charge in [-0.1, -0.05) is 29.3 Å². The molecule has 2 aromatic carbocycles. The molecule has 0 radical (unpaired) electrons. The Balaban J connectivity index is 1.53. The third-order valence-corrected chi connectivity index (χ3v) is 6.00. The van der Waals surface area contributed by atoms with Gasteiger partial charge in [0.25, 0.3) is 0 Å². The summed E-state index contributed by atoms with van der Waals surface area (Å²) in [6, 6.07) is 6.63. The Hall–Kier alpha value is -3.16. The van der Waals surface area contributed by atoms with E-state index >= 15 is 0 Å². The number of aryl methyl sites for hydroxylation is 2. The van der Waals surface area contributed by atoms with Gasteiger partial charge in [0.1, 0.15) is 23.4 Å². The zero-order chi connectivity index (χ0) is 22.3. The second-order valence-corrected chi connectivity index (χ2v) is 8.39. The molecule has 1 saturated carbocycles. The minimum absolute atomic E-state index is 0.0200. The van der Waals surface area contributed by atoms with Crippen LogP contribution in [0.4, 0.5) is 13.6 Å². The standard InChI is InChI=1S/C23H25F2N3O3/c1-12-6-13(2)8-14(7-12)23(4-5-23)28-22(30)27-20-16(11-26-21(20)29)19-17(24)9-15(31-3)10-18(19)25/h6-10,16,20H,4-5,11H2,1-3H3,(H,26,29)(H2,27,28,30)/t16-,20-/m0/s1. The van der Waals surface area contributed by atoms with Crippen molar-refractivity contribution in [3.63, 3.8) is 0 Å².